The van der Waals surface area contributed by atoms with Crippen LogP contribution < -0.4 is 0 Å². The summed E-state index contributed by atoms with van der Waals surface area (Å²) in [6.07, 6.45) is 3.54. The lowest BCUT2D eigenvalue weighted by atomic mass is 10.3. The van der Waals surface area contributed by atoms with Crippen LogP contribution in [0.5, 0.6) is 0 Å². The van der Waals surface area contributed by atoms with E-state index in [-0.39, 0.29) is 0 Å². The van der Waals surface area contributed by atoms with Gasteiger partial charge in [-0.3, -0.25) is 0 Å². The van der Waals surface area contributed by atoms with Gasteiger partial charge in [0.25, 0.3) is 0 Å². The molecule has 56 valence electrons. The third-order valence-electron chi connectivity index (χ3n) is 1.68. The van der Waals surface area contributed by atoms with Gasteiger partial charge in [0.05, 0.1) is 6.20 Å². The van der Waals surface area contributed by atoms with E-state index in [9.17, 15) is 0 Å². The number of rotatable bonds is 0. The molecule has 0 amide bonds. The van der Waals surface area contributed by atoms with Crippen LogP contribution in [0.3, 0.4) is 0 Å². The van der Waals surface area contributed by atoms with E-state index >= 15 is 0 Å². The summed E-state index contributed by atoms with van der Waals surface area (Å²) >= 11 is 5.78. The van der Waals surface area contributed by atoms with Gasteiger partial charge in [-0.2, -0.15) is 5.10 Å². The van der Waals surface area contributed by atoms with Crippen molar-refractivity contribution < 1.29 is 0 Å². The van der Waals surface area contributed by atoms with E-state index in [0.717, 1.165) is 16.5 Å². The molecule has 1 N–H and O–H groups in total. The fourth-order valence-corrected chi connectivity index (χ4v) is 1.27. The first-order valence-electron chi connectivity index (χ1n) is 3.24. The molecule has 0 aliphatic heterocycles. The van der Waals surface area contributed by atoms with E-state index in [2.05, 4.69) is 15.2 Å². The van der Waals surface area contributed by atoms with E-state index in [1.807, 2.05) is 13.1 Å². The summed E-state index contributed by atoms with van der Waals surface area (Å²) in [5.74, 6) is 0. The number of nitrogens with zero attached hydrogens (tertiary/aromatic N) is 2. The Morgan fingerprint density at radius 3 is 3.00 bits per heavy atom. The number of hydrogen-bond acceptors (Lipinski definition) is 2. The first-order chi connectivity index (χ1) is 5.29. The van der Waals surface area contributed by atoms with Crippen LogP contribution in [0.1, 0.15) is 5.69 Å². The second kappa shape index (κ2) is 2.20. The van der Waals surface area contributed by atoms with Crippen molar-refractivity contribution in [1.82, 2.24) is 15.2 Å². The monoisotopic (exact) mass is 167 g/mol. The molecule has 2 heterocycles. The van der Waals surface area contributed by atoms with E-state index in [1.54, 1.807) is 6.20 Å². The highest BCUT2D eigenvalue weighted by molar-refractivity contribution is 6.34. The molecular weight excluding hydrogens is 162 g/mol. The van der Waals surface area contributed by atoms with Gasteiger partial charge < -0.3 is 4.98 Å². The Bertz CT molecular complexity index is 393. The molecule has 0 radical (unpaired) electrons. The van der Waals surface area contributed by atoms with E-state index in [1.165, 1.54) is 0 Å². The Hall–Kier alpha value is -1.09. The fourth-order valence-electron chi connectivity index (χ4n) is 1.07. The summed E-state index contributed by atoms with van der Waals surface area (Å²) in [4.78, 5) is 3.05. The molecule has 0 spiro atoms. The predicted molar refractivity (Wildman–Crippen MR) is 43.6 cm³/mol. The molecule has 0 saturated carbocycles. The second-order valence-electron chi connectivity index (χ2n) is 2.38. The molecule has 0 bridgehead atoms. The lowest BCUT2D eigenvalue weighted by molar-refractivity contribution is 1.05. The molecule has 2 aromatic rings. The molecule has 3 nitrogen and oxygen atoms in total. The van der Waals surface area contributed by atoms with Crippen molar-refractivity contribution in [1.29, 1.82) is 0 Å². The van der Waals surface area contributed by atoms with Gasteiger partial charge in [0.2, 0.25) is 0 Å². The largest absolute Gasteiger partial charge is 0.364 e. The first-order valence-corrected chi connectivity index (χ1v) is 3.61. The van der Waals surface area contributed by atoms with Crippen LogP contribution in [-0.4, -0.2) is 15.2 Å². The fraction of sp³-hybridized carbons (Fsp3) is 0.143. The van der Waals surface area contributed by atoms with Gasteiger partial charge in [-0.1, -0.05) is 11.6 Å². The van der Waals surface area contributed by atoms with E-state index in [0.29, 0.717) is 5.15 Å². The Labute approximate surface area is 68.4 Å². The summed E-state index contributed by atoms with van der Waals surface area (Å²) in [6, 6.07) is 0. The van der Waals surface area contributed by atoms with E-state index in [4.69, 9.17) is 11.6 Å². The number of fused-ring (bicyclic) bond motifs is 1. The summed E-state index contributed by atoms with van der Waals surface area (Å²) in [7, 11) is 0. The lowest BCUT2D eigenvalue weighted by Crippen LogP contribution is -1.80. The minimum atomic E-state index is 0.451. The van der Waals surface area contributed by atoms with Crippen LogP contribution in [0.4, 0.5) is 0 Å². The zero-order valence-corrected chi connectivity index (χ0v) is 6.68. The second-order valence-corrected chi connectivity index (χ2v) is 2.73. The van der Waals surface area contributed by atoms with Crippen LogP contribution in [0, 0.1) is 6.92 Å². The highest BCUT2D eigenvalue weighted by Crippen LogP contribution is 2.21. The average Bonchev–Trinajstić information content (AvgIpc) is 2.35. The molecule has 0 fully saturated rings. The van der Waals surface area contributed by atoms with Crippen LogP contribution in [0.25, 0.3) is 10.8 Å². The number of aryl methyl sites for hydroxylation is 1. The van der Waals surface area contributed by atoms with Crippen LogP contribution >= 0.6 is 11.6 Å². The number of halogens is 1. The quantitative estimate of drug-likeness (QED) is 0.652. The average molecular weight is 168 g/mol. The number of aromatic nitrogens is 3. The number of nitrogens with one attached hydrogen (secondary N) is 1. The zero-order valence-electron chi connectivity index (χ0n) is 5.93. The smallest absolute Gasteiger partial charge is 0.161 e. The summed E-state index contributed by atoms with van der Waals surface area (Å²) in [5, 5.41) is 9.87. The highest BCUT2D eigenvalue weighted by atomic mass is 35.5. The molecule has 0 unspecified atom stereocenters. The van der Waals surface area contributed by atoms with Gasteiger partial charge >= 0.3 is 0 Å². The standard InChI is InChI=1S/C7H6ClN3/c1-4-5-3-10-11-7(8)6(5)2-9-4/h2-3,9H,1H3. The number of aromatic amines is 1. The van der Waals surface area contributed by atoms with Crippen molar-refractivity contribution in [3.8, 4) is 0 Å². The minimum Gasteiger partial charge on any atom is -0.364 e. The zero-order chi connectivity index (χ0) is 7.84. The van der Waals surface area contributed by atoms with Gasteiger partial charge in [-0.25, -0.2) is 0 Å². The minimum absolute atomic E-state index is 0.451. The van der Waals surface area contributed by atoms with Crippen LogP contribution in [0.2, 0.25) is 5.15 Å². The first kappa shape index (κ1) is 6.61. The molecule has 0 aliphatic carbocycles. The van der Waals surface area contributed by atoms with Crippen molar-refractivity contribution in [3.05, 3.63) is 23.2 Å². The van der Waals surface area contributed by atoms with Crippen LogP contribution in [-0.2, 0) is 0 Å². The van der Waals surface area contributed by atoms with E-state index < -0.39 is 0 Å². The Balaban J connectivity index is 2.94. The third-order valence-corrected chi connectivity index (χ3v) is 1.96. The number of hydrogen-bond donors (Lipinski definition) is 1. The molecule has 0 atom stereocenters. The molecule has 2 aromatic heterocycles. The lowest BCUT2D eigenvalue weighted by Gasteiger charge is -1.89. The number of H-pyrrole nitrogens is 1. The van der Waals surface area contributed by atoms with Gasteiger partial charge in [0.15, 0.2) is 5.15 Å². The Morgan fingerprint density at radius 1 is 1.45 bits per heavy atom. The molecule has 0 aliphatic rings. The maximum Gasteiger partial charge on any atom is 0.161 e. The normalized spacial score (nSPS) is 10.7. The van der Waals surface area contributed by atoms with Gasteiger partial charge in [-0.15, -0.1) is 5.10 Å². The predicted octanol–water partition coefficient (Wildman–Crippen LogP) is 1.92. The molecule has 0 saturated heterocycles. The van der Waals surface area contributed by atoms with Gasteiger partial charge in [0.1, 0.15) is 0 Å². The topological polar surface area (TPSA) is 41.6 Å². The Kier molecular flexibility index (Phi) is 1.32. The van der Waals surface area contributed by atoms with Crippen molar-refractivity contribution in [2.45, 2.75) is 6.92 Å². The van der Waals surface area contributed by atoms with Crippen molar-refractivity contribution in [2.24, 2.45) is 0 Å². The van der Waals surface area contributed by atoms with Crippen molar-refractivity contribution in [2.75, 3.05) is 0 Å². The molecule has 4 heteroatoms. The summed E-state index contributed by atoms with van der Waals surface area (Å²) < 4.78 is 0. The summed E-state index contributed by atoms with van der Waals surface area (Å²) in [5.41, 5.74) is 1.07. The van der Waals surface area contributed by atoms with Crippen LogP contribution in [0.15, 0.2) is 12.4 Å². The summed E-state index contributed by atoms with van der Waals surface area (Å²) in [6.45, 7) is 1.97. The SMILES string of the molecule is Cc1[nH]cc2c(Cl)nncc12. The molecule has 0 aromatic carbocycles. The molecular formula is C7H6ClN3. The van der Waals surface area contributed by atoms with Crippen molar-refractivity contribution in [3.63, 3.8) is 0 Å². The maximum absolute atomic E-state index is 5.78. The maximum atomic E-state index is 5.78. The molecule has 11 heavy (non-hydrogen) atoms. The highest BCUT2D eigenvalue weighted by Gasteiger charge is 2.03. The third kappa shape index (κ3) is 0.886. The van der Waals surface area contributed by atoms with Gasteiger partial charge in [0, 0.05) is 22.7 Å². The van der Waals surface area contributed by atoms with Gasteiger partial charge in [-0.05, 0) is 6.92 Å². The molecule has 2 rings (SSSR count). The Morgan fingerprint density at radius 2 is 2.27 bits per heavy atom. The van der Waals surface area contributed by atoms with Crippen molar-refractivity contribution >= 4 is 22.4 Å².